The standard InChI is InChI=1S/C16H18N2S3/c1-12(16-17-6-9-21-16)11-18-14(15-5-3-8-20-15)10-13-4-2-7-19-13/h2-9,12,14,18H,10-11H2,1H3. The predicted molar refractivity (Wildman–Crippen MR) is 93.6 cm³/mol. The number of thiophene rings is 2. The lowest BCUT2D eigenvalue weighted by atomic mass is 10.1. The molecule has 0 aromatic carbocycles. The molecule has 21 heavy (non-hydrogen) atoms. The molecule has 3 aromatic rings. The van der Waals surface area contributed by atoms with Gasteiger partial charge in [-0.05, 0) is 22.9 Å². The van der Waals surface area contributed by atoms with Crippen molar-refractivity contribution in [1.82, 2.24) is 10.3 Å². The third-order valence-electron chi connectivity index (χ3n) is 3.42. The summed E-state index contributed by atoms with van der Waals surface area (Å²) in [5, 5.41) is 11.3. The van der Waals surface area contributed by atoms with E-state index in [0.29, 0.717) is 12.0 Å². The maximum atomic E-state index is 4.42. The van der Waals surface area contributed by atoms with Crippen LogP contribution in [-0.2, 0) is 6.42 Å². The molecule has 1 N–H and O–H groups in total. The summed E-state index contributed by atoms with van der Waals surface area (Å²) in [4.78, 5) is 7.26. The third kappa shape index (κ3) is 4.01. The monoisotopic (exact) mass is 334 g/mol. The molecule has 0 amide bonds. The number of nitrogens with one attached hydrogen (secondary N) is 1. The highest BCUT2D eigenvalue weighted by molar-refractivity contribution is 7.10. The smallest absolute Gasteiger partial charge is 0.0965 e. The molecule has 0 aliphatic heterocycles. The molecule has 0 saturated carbocycles. The lowest BCUT2D eigenvalue weighted by Gasteiger charge is -2.19. The van der Waals surface area contributed by atoms with E-state index < -0.39 is 0 Å². The van der Waals surface area contributed by atoms with Crippen LogP contribution in [0, 0.1) is 0 Å². The van der Waals surface area contributed by atoms with Crippen LogP contribution in [0.1, 0.15) is 33.6 Å². The van der Waals surface area contributed by atoms with Gasteiger partial charge in [0, 0.05) is 46.3 Å². The Kier molecular flexibility index (Phi) is 5.19. The minimum Gasteiger partial charge on any atom is -0.308 e. The Hall–Kier alpha value is -1.01. The lowest BCUT2D eigenvalue weighted by Crippen LogP contribution is -2.26. The van der Waals surface area contributed by atoms with Crippen LogP contribution in [0.5, 0.6) is 0 Å². The molecule has 0 fully saturated rings. The lowest BCUT2D eigenvalue weighted by molar-refractivity contribution is 0.511. The Morgan fingerprint density at radius 2 is 1.95 bits per heavy atom. The highest BCUT2D eigenvalue weighted by Gasteiger charge is 2.16. The van der Waals surface area contributed by atoms with E-state index in [9.17, 15) is 0 Å². The van der Waals surface area contributed by atoms with Gasteiger partial charge in [-0.25, -0.2) is 4.98 Å². The van der Waals surface area contributed by atoms with E-state index in [4.69, 9.17) is 0 Å². The minimum atomic E-state index is 0.395. The average molecular weight is 335 g/mol. The van der Waals surface area contributed by atoms with Crippen LogP contribution in [-0.4, -0.2) is 11.5 Å². The largest absolute Gasteiger partial charge is 0.308 e. The van der Waals surface area contributed by atoms with Gasteiger partial charge in [-0.1, -0.05) is 19.1 Å². The summed E-state index contributed by atoms with van der Waals surface area (Å²) in [6.45, 7) is 3.20. The maximum absolute atomic E-state index is 4.42. The molecule has 2 unspecified atom stereocenters. The quantitative estimate of drug-likeness (QED) is 0.662. The Morgan fingerprint density at radius 3 is 2.62 bits per heavy atom. The van der Waals surface area contributed by atoms with Crippen LogP contribution < -0.4 is 5.32 Å². The van der Waals surface area contributed by atoms with E-state index in [0.717, 1.165) is 13.0 Å². The SMILES string of the molecule is CC(CNC(Cc1cccs1)c1cccs1)c1nccs1. The van der Waals surface area contributed by atoms with Crippen molar-refractivity contribution in [3.63, 3.8) is 0 Å². The Morgan fingerprint density at radius 1 is 1.10 bits per heavy atom. The van der Waals surface area contributed by atoms with Crippen LogP contribution >= 0.6 is 34.0 Å². The Balaban J connectivity index is 1.65. The first-order valence-corrected chi connectivity index (χ1v) is 9.65. The van der Waals surface area contributed by atoms with Gasteiger partial charge in [0.2, 0.25) is 0 Å². The highest BCUT2D eigenvalue weighted by Crippen LogP contribution is 2.26. The van der Waals surface area contributed by atoms with Gasteiger partial charge in [0.05, 0.1) is 5.01 Å². The summed E-state index contributed by atoms with van der Waals surface area (Å²) in [5.74, 6) is 0.454. The molecule has 0 spiro atoms. The van der Waals surface area contributed by atoms with Crippen molar-refractivity contribution in [1.29, 1.82) is 0 Å². The first kappa shape index (κ1) is 14.9. The molecule has 5 heteroatoms. The van der Waals surface area contributed by atoms with Crippen LogP contribution in [0.15, 0.2) is 46.6 Å². The zero-order valence-corrected chi connectivity index (χ0v) is 14.3. The number of thiazole rings is 1. The van der Waals surface area contributed by atoms with Crippen molar-refractivity contribution in [2.45, 2.75) is 25.3 Å². The van der Waals surface area contributed by atoms with E-state index in [1.54, 1.807) is 11.3 Å². The zero-order chi connectivity index (χ0) is 14.5. The maximum Gasteiger partial charge on any atom is 0.0965 e. The van der Waals surface area contributed by atoms with E-state index >= 15 is 0 Å². The van der Waals surface area contributed by atoms with E-state index in [1.165, 1.54) is 14.8 Å². The van der Waals surface area contributed by atoms with Crippen molar-refractivity contribution < 1.29 is 0 Å². The first-order valence-electron chi connectivity index (χ1n) is 7.01. The van der Waals surface area contributed by atoms with Crippen LogP contribution in [0.2, 0.25) is 0 Å². The fraction of sp³-hybridized carbons (Fsp3) is 0.312. The normalized spacial score (nSPS) is 14.1. The second kappa shape index (κ2) is 7.31. The number of hydrogen-bond acceptors (Lipinski definition) is 5. The molecule has 2 atom stereocenters. The van der Waals surface area contributed by atoms with Crippen LogP contribution in [0.25, 0.3) is 0 Å². The minimum absolute atomic E-state index is 0.395. The number of aromatic nitrogens is 1. The van der Waals surface area contributed by atoms with Gasteiger partial charge in [-0.15, -0.1) is 34.0 Å². The van der Waals surface area contributed by atoms with E-state index in [1.807, 2.05) is 34.3 Å². The van der Waals surface area contributed by atoms with Gasteiger partial charge in [0.15, 0.2) is 0 Å². The molecule has 0 aliphatic rings. The van der Waals surface area contributed by atoms with Crippen molar-refractivity contribution in [3.8, 4) is 0 Å². The summed E-state index contributed by atoms with van der Waals surface area (Å²) in [6.07, 6.45) is 2.95. The number of hydrogen-bond donors (Lipinski definition) is 1. The van der Waals surface area contributed by atoms with E-state index in [2.05, 4.69) is 52.3 Å². The Labute approximate surface area is 137 Å². The van der Waals surface area contributed by atoms with Crippen molar-refractivity contribution in [2.75, 3.05) is 6.54 Å². The fourth-order valence-electron chi connectivity index (χ4n) is 2.28. The number of rotatable bonds is 7. The molecule has 0 saturated heterocycles. The molecular weight excluding hydrogens is 316 g/mol. The third-order valence-corrected chi connectivity index (χ3v) is 6.31. The van der Waals surface area contributed by atoms with Gasteiger partial charge in [-0.2, -0.15) is 0 Å². The molecule has 0 aliphatic carbocycles. The van der Waals surface area contributed by atoms with Gasteiger partial charge >= 0.3 is 0 Å². The molecule has 3 aromatic heterocycles. The second-order valence-corrected chi connectivity index (χ2v) is 7.97. The molecule has 3 heterocycles. The predicted octanol–water partition coefficient (Wildman–Crippen LogP) is 4.94. The molecular formula is C16H18N2S3. The fourth-order valence-corrected chi connectivity index (χ4v) is 4.53. The van der Waals surface area contributed by atoms with Gasteiger partial charge in [0.1, 0.15) is 0 Å². The van der Waals surface area contributed by atoms with Crippen molar-refractivity contribution in [3.05, 3.63) is 61.4 Å². The number of nitrogens with zero attached hydrogens (tertiary/aromatic N) is 1. The molecule has 110 valence electrons. The second-order valence-electron chi connectivity index (χ2n) is 5.03. The van der Waals surface area contributed by atoms with Gasteiger partial charge < -0.3 is 5.32 Å². The average Bonchev–Trinajstić information content (AvgIpc) is 3.26. The molecule has 0 radical (unpaired) electrons. The first-order chi connectivity index (χ1) is 10.3. The van der Waals surface area contributed by atoms with Gasteiger partial charge in [-0.3, -0.25) is 0 Å². The molecule has 0 bridgehead atoms. The summed E-state index contributed by atoms with van der Waals surface area (Å²) in [6, 6.07) is 9.10. The van der Waals surface area contributed by atoms with Crippen LogP contribution in [0.3, 0.4) is 0 Å². The topological polar surface area (TPSA) is 24.9 Å². The van der Waals surface area contributed by atoms with Crippen LogP contribution in [0.4, 0.5) is 0 Å². The van der Waals surface area contributed by atoms with E-state index in [-0.39, 0.29) is 0 Å². The van der Waals surface area contributed by atoms with Gasteiger partial charge in [0.25, 0.3) is 0 Å². The van der Waals surface area contributed by atoms with Crippen molar-refractivity contribution >= 4 is 34.0 Å². The summed E-state index contributed by atoms with van der Waals surface area (Å²) < 4.78 is 0. The summed E-state index contributed by atoms with van der Waals surface area (Å²) in [5.41, 5.74) is 0. The molecule has 2 nitrogen and oxygen atoms in total. The summed E-state index contributed by atoms with van der Waals surface area (Å²) in [7, 11) is 0. The summed E-state index contributed by atoms with van der Waals surface area (Å²) >= 11 is 5.41. The highest BCUT2D eigenvalue weighted by atomic mass is 32.1. The van der Waals surface area contributed by atoms with Crippen molar-refractivity contribution in [2.24, 2.45) is 0 Å². The Bertz CT molecular complexity index is 615. The zero-order valence-electron chi connectivity index (χ0n) is 11.9. The molecule has 3 rings (SSSR count).